The van der Waals surface area contributed by atoms with E-state index in [1.807, 2.05) is 0 Å². The number of amides is 1. The molecule has 11 heteroatoms. The average Bonchev–Trinajstić information content (AvgIpc) is 3.38. The van der Waals surface area contributed by atoms with Gasteiger partial charge < -0.3 is 25.1 Å². The third kappa shape index (κ3) is 3.19. The van der Waals surface area contributed by atoms with Gasteiger partial charge in [0.05, 0.1) is 49.1 Å². The fourth-order valence-corrected chi connectivity index (χ4v) is 4.29. The average molecular weight is 450 g/mol. The zero-order valence-corrected chi connectivity index (χ0v) is 16.8. The lowest BCUT2D eigenvalue weighted by Crippen LogP contribution is -2.37. The van der Waals surface area contributed by atoms with Gasteiger partial charge in [-0.25, -0.2) is 9.37 Å². The number of anilines is 1. The Balaban J connectivity index is 1.51. The summed E-state index contributed by atoms with van der Waals surface area (Å²) >= 11 is 0. The predicted molar refractivity (Wildman–Crippen MR) is 105 cm³/mol. The van der Waals surface area contributed by atoms with Crippen molar-refractivity contribution in [3.63, 3.8) is 0 Å². The van der Waals surface area contributed by atoms with Gasteiger partial charge in [0.2, 0.25) is 0 Å². The number of nitrogens with zero attached hydrogens (tertiary/aromatic N) is 2. The molecule has 0 aliphatic carbocycles. The summed E-state index contributed by atoms with van der Waals surface area (Å²) in [5, 5.41) is 0. The number of nitrogens with two attached hydrogens (primary N) is 1. The van der Waals surface area contributed by atoms with Crippen molar-refractivity contribution in [3.05, 3.63) is 57.5 Å². The number of H-pyrrole nitrogens is 1. The van der Waals surface area contributed by atoms with Crippen LogP contribution in [0.25, 0.3) is 11.0 Å². The molecule has 0 saturated heterocycles. The summed E-state index contributed by atoms with van der Waals surface area (Å²) in [6, 6.07) is 1.96. The quantitative estimate of drug-likeness (QED) is 0.581. The standard InChI is InChI=1S/C21H18F4N4O3/c1-29(16-8-31-5-9-2-10(21(23,24)25)3-13(22)17(9)16)20(30)15-4-14-18(27-15)11-6-32-7-12(11)19(26)28-14/h2-4,16,27H,5-8H2,1H3,(H2,26,28)/t16-/m1/s1. The van der Waals surface area contributed by atoms with Crippen LogP contribution in [0.1, 0.15) is 44.3 Å². The molecule has 2 aliphatic heterocycles. The first-order valence-electron chi connectivity index (χ1n) is 9.77. The Morgan fingerprint density at radius 2 is 1.94 bits per heavy atom. The zero-order chi connectivity index (χ0) is 22.8. The molecule has 0 saturated carbocycles. The lowest BCUT2D eigenvalue weighted by molar-refractivity contribution is -0.138. The van der Waals surface area contributed by atoms with Gasteiger partial charge in [-0.3, -0.25) is 4.79 Å². The molecule has 1 aromatic carbocycles. The van der Waals surface area contributed by atoms with Crippen LogP contribution in [-0.2, 0) is 35.5 Å². The molecule has 1 amide bonds. The summed E-state index contributed by atoms with van der Waals surface area (Å²) < 4.78 is 64.8. The lowest BCUT2D eigenvalue weighted by atomic mass is 9.94. The number of nitrogens with one attached hydrogen (secondary N) is 1. The predicted octanol–water partition coefficient (Wildman–Crippen LogP) is 3.68. The highest BCUT2D eigenvalue weighted by Gasteiger charge is 2.37. The van der Waals surface area contributed by atoms with Crippen molar-refractivity contribution in [3.8, 4) is 0 Å². The summed E-state index contributed by atoms with van der Waals surface area (Å²) in [6.07, 6.45) is -4.69. The van der Waals surface area contributed by atoms with Gasteiger partial charge in [-0.1, -0.05) is 0 Å². The number of aromatic nitrogens is 2. The summed E-state index contributed by atoms with van der Waals surface area (Å²) in [5.74, 6) is -1.19. The number of halogens is 4. The fraction of sp³-hybridized carbons (Fsp3) is 0.333. The van der Waals surface area contributed by atoms with Gasteiger partial charge in [-0.15, -0.1) is 0 Å². The Hall–Kier alpha value is -3.18. The first-order valence-corrected chi connectivity index (χ1v) is 9.77. The molecular formula is C21H18F4N4O3. The normalized spacial score (nSPS) is 18.0. The van der Waals surface area contributed by atoms with E-state index in [4.69, 9.17) is 15.2 Å². The highest BCUT2D eigenvalue weighted by molar-refractivity contribution is 5.98. The number of alkyl halides is 3. The molecule has 0 bridgehead atoms. The van der Waals surface area contributed by atoms with Crippen molar-refractivity contribution in [1.82, 2.24) is 14.9 Å². The van der Waals surface area contributed by atoms with Crippen molar-refractivity contribution >= 4 is 22.8 Å². The van der Waals surface area contributed by atoms with Crippen LogP contribution >= 0.6 is 0 Å². The summed E-state index contributed by atoms with van der Waals surface area (Å²) in [4.78, 5) is 21.8. The summed E-state index contributed by atoms with van der Waals surface area (Å²) in [5.41, 5.74) is 7.87. The number of hydrogen-bond acceptors (Lipinski definition) is 5. The van der Waals surface area contributed by atoms with E-state index in [-0.39, 0.29) is 30.0 Å². The maximum atomic E-state index is 14.8. The minimum atomic E-state index is -4.69. The van der Waals surface area contributed by atoms with Gasteiger partial charge in [-0.2, -0.15) is 13.2 Å². The molecule has 5 rings (SSSR count). The SMILES string of the molecule is CN(C(=O)c1cc2nc(N)c3c(c2[nH]1)COC3)[C@@H]1COCc2cc(C(F)(F)F)cc(F)c21. The van der Waals surface area contributed by atoms with Crippen LogP contribution < -0.4 is 5.73 Å². The molecule has 0 spiro atoms. The number of aromatic amines is 1. The lowest BCUT2D eigenvalue weighted by Gasteiger charge is -2.33. The molecule has 3 aromatic rings. The number of pyridine rings is 1. The minimum Gasteiger partial charge on any atom is -0.383 e. The van der Waals surface area contributed by atoms with Crippen LogP contribution in [0.3, 0.4) is 0 Å². The number of nitrogen functional groups attached to an aromatic ring is 1. The van der Waals surface area contributed by atoms with Gasteiger partial charge in [0.15, 0.2) is 0 Å². The fourth-order valence-electron chi connectivity index (χ4n) is 4.29. The molecule has 0 radical (unpaired) electrons. The van der Waals surface area contributed by atoms with E-state index in [2.05, 4.69) is 9.97 Å². The summed E-state index contributed by atoms with van der Waals surface area (Å²) in [6.45, 7) is 0.448. The maximum Gasteiger partial charge on any atom is 0.416 e. The van der Waals surface area contributed by atoms with Crippen LogP contribution in [0, 0.1) is 5.82 Å². The maximum absolute atomic E-state index is 14.8. The number of carbonyl (C=O) groups is 1. The molecule has 0 fully saturated rings. The van der Waals surface area contributed by atoms with Crippen LogP contribution in [0.2, 0.25) is 0 Å². The Kier molecular flexibility index (Phi) is 4.64. The molecule has 168 valence electrons. The van der Waals surface area contributed by atoms with Crippen LogP contribution in [0.5, 0.6) is 0 Å². The van der Waals surface area contributed by atoms with Crippen molar-refractivity contribution < 1.29 is 31.8 Å². The zero-order valence-electron chi connectivity index (χ0n) is 16.8. The molecule has 2 aromatic heterocycles. The van der Waals surface area contributed by atoms with Crippen molar-refractivity contribution in [2.75, 3.05) is 19.4 Å². The Morgan fingerprint density at radius 3 is 2.69 bits per heavy atom. The van der Waals surface area contributed by atoms with E-state index in [1.54, 1.807) is 0 Å². The highest BCUT2D eigenvalue weighted by atomic mass is 19.4. The molecule has 0 unspecified atom stereocenters. The van der Waals surface area contributed by atoms with Gasteiger partial charge >= 0.3 is 6.18 Å². The summed E-state index contributed by atoms with van der Waals surface area (Å²) in [7, 11) is 1.45. The third-order valence-electron chi connectivity index (χ3n) is 5.93. The van der Waals surface area contributed by atoms with Crippen molar-refractivity contribution in [2.24, 2.45) is 0 Å². The number of benzene rings is 1. The Morgan fingerprint density at radius 1 is 1.19 bits per heavy atom. The first-order chi connectivity index (χ1) is 15.1. The number of hydrogen-bond donors (Lipinski definition) is 2. The van der Waals surface area contributed by atoms with Crippen molar-refractivity contribution in [1.29, 1.82) is 0 Å². The Bertz CT molecular complexity index is 1250. The third-order valence-corrected chi connectivity index (χ3v) is 5.93. The van der Waals surface area contributed by atoms with E-state index in [1.165, 1.54) is 18.0 Å². The first kappa shape index (κ1) is 20.7. The van der Waals surface area contributed by atoms with Gasteiger partial charge in [0, 0.05) is 23.7 Å². The van der Waals surface area contributed by atoms with Gasteiger partial charge in [0.1, 0.15) is 17.3 Å². The van der Waals surface area contributed by atoms with Gasteiger partial charge in [0.25, 0.3) is 5.91 Å². The number of rotatable bonds is 2. The molecule has 3 N–H and O–H groups in total. The number of ether oxygens (including phenoxy) is 2. The monoisotopic (exact) mass is 450 g/mol. The smallest absolute Gasteiger partial charge is 0.383 e. The molecule has 1 atom stereocenters. The van der Waals surface area contributed by atoms with Gasteiger partial charge in [-0.05, 0) is 23.8 Å². The van der Waals surface area contributed by atoms with E-state index < -0.39 is 29.5 Å². The van der Waals surface area contributed by atoms with E-state index >= 15 is 0 Å². The molecule has 7 nitrogen and oxygen atoms in total. The second-order valence-electron chi connectivity index (χ2n) is 7.87. The number of fused-ring (bicyclic) bond motifs is 4. The van der Waals surface area contributed by atoms with E-state index in [9.17, 15) is 22.4 Å². The topological polar surface area (TPSA) is 93.5 Å². The largest absolute Gasteiger partial charge is 0.416 e. The minimum absolute atomic E-state index is 0.0212. The highest BCUT2D eigenvalue weighted by Crippen LogP contribution is 2.38. The van der Waals surface area contributed by atoms with Crippen LogP contribution in [0.4, 0.5) is 23.4 Å². The second-order valence-corrected chi connectivity index (χ2v) is 7.87. The molecular weight excluding hydrogens is 432 g/mol. The number of likely N-dealkylation sites (N-methyl/N-ethyl adjacent to an activating group) is 1. The van der Waals surface area contributed by atoms with Crippen molar-refractivity contribution in [2.45, 2.75) is 32.0 Å². The second kappa shape index (κ2) is 7.17. The van der Waals surface area contributed by atoms with Crippen LogP contribution in [0.15, 0.2) is 18.2 Å². The number of carbonyl (C=O) groups excluding carboxylic acids is 1. The molecule has 32 heavy (non-hydrogen) atoms. The van der Waals surface area contributed by atoms with Crippen LogP contribution in [-0.4, -0.2) is 34.4 Å². The van der Waals surface area contributed by atoms with E-state index in [0.717, 1.165) is 17.2 Å². The van der Waals surface area contributed by atoms with E-state index in [0.29, 0.717) is 36.1 Å². The molecule has 2 aliphatic rings. The molecule has 4 heterocycles. The Labute approximate surface area is 179 Å².